The molecule has 26 heavy (non-hydrogen) atoms. The van der Waals surface area contributed by atoms with Crippen LogP contribution in [0.4, 0.5) is 4.39 Å². The number of halogens is 2. The summed E-state index contributed by atoms with van der Waals surface area (Å²) in [5, 5.41) is 3.41. The molecule has 1 N–H and O–H groups in total. The number of rotatable bonds is 8. The van der Waals surface area contributed by atoms with E-state index < -0.39 is 0 Å². The lowest BCUT2D eigenvalue weighted by atomic mass is 10.1. The Hall–Kier alpha value is -2.31. The second-order valence-corrected chi connectivity index (χ2v) is 6.00. The van der Waals surface area contributed by atoms with Crippen LogP contribution < -0.4 is 5.32 Å². The Morgan fingerprint density at radius 2 is 2.00 bits per heavy atom. The molecular weight excluding hydrogens is 353 g/mol. The third-order valence-electron chi connectivity index (χ3n) is 3.91. The Kier molecular flexibility index (Phi) is 7.69. The van der Waals surface area contributed by atoms with E-state index in [1.807, 2.05) is 29.8 Å². The van der Waals surface area contributed by atoms with E-state index in [1.54, 1.807) is 24.7 Å². The molecule has 0 amide bonds. The molecule has 138 valence electrons. The van der Waals surface area contributed by atoms with Crippen LogP contribution in [0.5, 0.6) is 0 Å². The summed E-state index contributed by atoms with van der Waals surface area (Å²) in [6.45, 7) is 3.69. The van der Waals surface area contributed by atoms with E-state index in [0.29, 0.717) is 5.95 Å². The predicted octanol–water partition coefficient (Wildman–Crippen LogP) is 3.30. The highest BCUT2D eigenvalue weighted by atomic mass is 35.5. The Balaban J connectivity index is 0.00000243. The van der Waals surface area contributed by atoms with E-state index in [9.17, 15) is 4.39 Å². The van der Waals surface area contributed by atoms with Crippen LogP contribution in [0.25, 0.3) is 5.95 Å². The number of nitrogens with one attached hydrogen (secondary N) is 1. The first-order chi connectivity index (χ1) is 12.2. The maximum Gasteiger partial charge on any atom is 0.235 e. The number of benzene rings is 1. The highest BCUT2D eigenvalue weighted by Crippen LogP contribution is 2.06. The standard InChI is InChI=1S/C19H22FN5.ClH/c1-15-13-25(14-23-15)19-22-11-8-18(24-19)7-10-21-9-3-5-16-4-2-6-17(20)12-16;/h2,4,6,8,11-14,21H,3,5,7,9-10H2,1H3;1H. The lowest BCUT2D eigenvalue weighted by molar-refractivity contribution is 0.619. The first-order valence-electron chi connectivity index (χ1n) is 8.49. The minimum atomic E-state index is -0.168. The molecule has 0 atom stereocenters. The Labute approximate surface area is 159 Å². The van der Waals surface area contributed by atoms with Crippen LogP contribution in [0.2, 0.25) is 0 Å². The second-order valence-electron chi connectivity index (χ2n) is 6.00. The first kappa shape index (κ1) is 20.0. The molecule has 0 spiro atoms. The van der Waals surface area contributed by atoms with E-state index in [-0.39, 0.29) is 18.2 Å². The molecule has 0 unspecified atom stereocenters. The zero-order valence-corrected chi connectivity index (χ0v) is 15.5. The Morgan fingerprint density at radius 1 is 1.12 bits per heavy atom. The molecule has 3 rings (SSSR count). The summed E-state index contributed by atoms with van der Waals surface area (Å²) in [7, 11) is 0. The molecule has 1 aromatic carbocycles. The maximum atomic E-state index is 13.1. The fraction of sp³-hybridized carbons (Fsp3) is 0.316. The lowest BCUT2D eigenvalue weighted by Crippen LogP contribution is -2.19. The molecule has 2 heterocycles. The van der Waals surface area contributed by atoms with E-state index in [4.69, 9.17) is 0 Å². The highest BCUT2D eigenvalue weighted by molar-refractivity contribution is 5.85. The van der Waals surface area contributed by atoms with Crippen molar-refractivity contribution < 1.29 is 4.39 Å². The van der Waals surface area contributed by atoms with Crippen molar-refractivity contribution >= 4 is 12.4 Å². The minimum Gasteiger partial charge on any atom is -0.316 e. The summed E-state index contributed by atoms with van der Waals surface area (Å²) in [5.41, 5.74) is 2.97. The molecular formula is C19H23ClFN5. The van der Waals surface area contributed by atoms with Gasteiger partial charge in [0.25, 0.3) is 0 Å². The van der Waals surface area contributed by atoms with Crippen molar-refractivity contribution in [2.24, 2.45) is 0 Å². The lowest BCUT2D eigenvalue weighted by Gasteiger charge is -2.06. The van der Waals surface area contributed by atoms with Crippen LogP contribution in [0.3, 0.4) is 0 Å². The number of hydrogen-bond acceptors (Lipinski definition) is 4. The van der Waals surface area contributed by atoms with Gasteiger partial charge in [0.15, 0.2) is 0 Å². The van der Waals surface area contributed by atoms with Crippen LogP contribution >= 0.6 is 12.4 Å². The van der Waals surface area contributed by atoms with Gasteiger partial charge in [-0.3, -0.25) is 4.57 Å². The summed E-state index contributed by atoms with van der Waals surface area (Å²) in [5.74, 6) is 0.474. The summed E-state index contributed by atoms with van der Waals surface area (Å²) in [4.78, 5) is 13.0. The van der Waals surface area contributed by atoms with Gasteiger partial charge < -0.3 is 5.32 Å². The van der Waals surface area contributed by atoms with Crippen LogP contribution in [-0.4, -0.2) is 32.6 Å². The van der Waals surface area contributed by atoms with Gasteiger partial charge in [-0.1, -0.05) is 12.1 Å². The van der Waals surface area contributed by atoms with E-state index in [2.05, 4.69) is 20.3 Å². The smallest absolute Gasteiger partial charge is 0.235 e. The molecule has 5 nitrogen and oxygen atoms in total. The van der Waals surface area contributed by atoms with Gasteiger partial charge in [-0.05, 0) is 50.1 Å². The van der Waals surface area contributed by atoms with Gasteiger partial charge in [-0.2, -0.15) is 0 Å². The summed E-state index contributed by atoms with van der Waals surface area (Å²) >= 11 is 0. The second kappa shape index (κ2) is 9.99. The summed E-state index contributed by atoms with van der Waals surface area (Å²) in [6, 6.07) is 8.72. The third kappa shape index (κ3) is 5.89. The Morgan fingerprint density at radius 3 is 2.77 bits per heavy atom. The quantitative estimate of drug-likeness (QED) is 0.614. The normalized spacial score (nSPS) is 10.5. The molecule has 0 aliphatic carbocycles. The van der Waals surface area contributed by atoms with E-state index in [1.165, 1.54) is 6.07 Å². The molecule has 0 aliphatic heterocycles. The number of aryl methyl sites for hydroxylation is 2. The van der Waals surface area contributed by atoms with Crippen molar-refractivity contribution in [3.63, 3.8) is 0 Å². The van der Waals surface area contributed by atoms with Crippen molar-refractivity contribution in [2.45, 2.75) is 26.2 Å². The van der Waals surface area contributed by atoms with Gasteiger partial charge in [0, 0.05) is 31.1 Å². The number of hydrogen-bond donors (Lipinski definition) is 1. The fourth-order valence-electron chi connectivity index (χ4n) is 2.63. The van der Waals surface area contributed by atoms with E-state index in [0.717, 1.165) is 49.3 Å². The summed E-state index contributed by atoms with van der Waals surface area (Å²) < 4.78 is 14.9. The van der Waals surface area contributed by atoms with Crippen LogP contribution in [0, 0.1) is 12.7 Å². The number of aromatic nitrogens is 4. The van der Waals surface area contributed by atoms with Gasteiger partial charge in [0.1, 0.15) is 12.1 Å². The van der Waals surface area contributed by atoms with Gasteiger partial charge in [-0.25, -0.2) is 19.3 Å². The van der Waals surface area contributed by atoms with Crippen molar-refractivity contribution in [3.05, 3.63) is 71.8 Å². The molecule has 0 fully saturated rings. The van der Waals surface area contributed by atoms with Gasteiger partial charge in [0.2, 0.25) is 5.95 Å². The largest absolute Gasteiger partial charge is 0.316 e. The van der Waals surface area contributed by atoms with Crippen molar-refractivity contribution in [2.75, 3.05) is 13.1 Å². The van der Waals surface area contributed by atoms with Crippen LogP contribution in [0.1, 0.15) is 23.4 Å². The average molecular weight is 376 g/mol. The molecule has 0 aliphatic rings. The number of imidazole rings is 1. The maximum absolute atomic E-state index is 13.1. The van der Waals surface area contributed by atoms with Gasteiger partial charge in [-0.15, -0.1) is 12.4 Å². The molecule has 3 aromatic rings. The van der Waals surface area contributed by atoms with Crippen LogP contribution in [-0.2, 0) is 12.8 Å². The molecule has 2 aromatic heterocycles. The van der Waals surface area contributed by atoms with Crippen molar-refractivity contribution in [3.8, 4) is 5.95 Å². The minimum absolute atomic E-state index is 0. The van der Waals surface area contributed by atoms with Crippen molar-refractivity contribution in [1.82, 2.24) is 24.8 Å². The third-order valence-corrected chi connectivity index (χ3v) is 3.91. The molecule has 0 saturated heterocycles. The SMILES string of the molecule is Cc1cn(-c2nccc(CCNCCCc3cccc(F)c3)n2)cn1.Cl. The van der Waals surface area contributed by atoms with Crippen molar-refractivity contribution in [1.29, 1.82) is 0 Å². The van der Waals surface area contributed by atoms with Gasteiger partial charge >= 0.3 is 0 Å². The molecule has 0 radical (unpaired) electrons. The fourth-order valence-corrected chi connectivity index (χ4v) is 2.63. The zero-order valence-electron chi connectivity index (χ0n) is 14.7. The highest BCUT2D eigenvalue weighted by Gasteiger charge is 2.03. The Bertz CT molecular complexity index is 821. The zero-order chi connectivity index (χ0) is 17.5. The molecule has 0 bridgehead atoms. The average Bonchev–Trinajstić information content (AvgIpc) is 3.05. The van der Waals surface area contributed by atoms with Gasteiger partial charge in [0.05, 0.1) is 5.69 Å². The predicted molar refractivity (Wildman–Crippen MR) is 102 cm³/mol. The first-order valence-corrected chi connectivity index (χ1v) is 8.49. The molecule has 0 saturated carbocycles. The van der Waals surface area contributed by atoms with E-state index >= 15 is 0 Å². The monoisotopic (exact) mass is 375 g/mol. The topological polar surface area (TPSA) is 55.6 Å². The number of nitrogens with zero attached hydrogens (tertiary/aromatic N) is 4. The van der Waals surface area contributed by atoms with Crippen LogP contribution in [0.15, 0.2) is 49.1 Å². The molecule has 7 heteroatoms. The summed E-state index contributed by atoms with van der Waals surface area (Å²) in [6.07, 6.45) is 8.10.